The van der Waals surface area contributed by atoms with Crippen molar-refractivity contribution >= 4 is 24.3 Å². The molecule has 0 aliphatic heterocycles. The fraction of sp³-hybridized carbons (Fsp3) is 0.389. The molecule has 0 spiro atoms. The molecule has 3 amide bonds. The van der Waals surface area contributed by atoms with Crippen LogP contribution in [0.3, 0.4) is 0 Å². The molecule has 7 nitrogen and oxygen atoms in total. The minimum Gasteiger partial charge on any atom is -0.362 e. The number of rotatable bonds is 8. The van der Waals surface area contributed by atoms with Crippen LogP contribution in [0.5, 0.6) is 0 Å². The van der Waals surface area contributed by atoms with Crippen LogP contribution < -0.4 is 0 Å². The number of nitrogens with zero attached hydrogens (tertiary/aromatic N) is 2. The van der Waals surface area contributed by atoms with Gasteiger partial charge in [-0.1, -0.05) is 30.3 Å². The van der Waals surface area contributed by atoms with Crippen molar-refractivity contribution < 1.29 is 23.9 Å². The normalized spacial score (nSPS) is 13.3. The number of ether oxygens (including phenoxy) is 2. The molecule has 1 aromatic carbocycles. The molecule has 0 aliphatic rings. The summed E-state index contributed by atoms with van der Waals surface area (Å²) < 4.78 is 10.3. The Bertz CT molecular complexity index is 593. The first kappa shape index (κ1) is 20.5. The Kier molecular flexibility index (Phi) is 8.52. The van der Waals surface area contributed by atoms with Crippen molar-refractivity contribution in [1.82, 2.24) is 9.80 Å². The van der Waals surface area contributed by atoms with Crippen LogP contribution in [0.2, 0.25) is 0 Å². The highest BCUT2D eigenvalue weighted by molar-refractivity contribution is 6.03. The molecule has 0 heterocycles. The molecule has 2 atom stereocenters. The highest BCUT2D eigenvalue weighted by Crippen LogP contribution is 2.12. The molecule has 0 saturated carbocycles. The van der Waals surface area contributed by atoms with E-state index in [1.165, 1.54) is 25.2 Å². The molecule has 0 radical (unpaired) electrons. The molecular formula is C18H24N2O5. The van der Waals surface area contributed by atoms with E-state index in [9.17, 15) is 14.4 Å². The van der Waals surface area contributed by atoms with Gasteiger partial charge in [-0.15, -0.1) is 0 Å². The van der Waals surface area contributed by atoms with E-state index >= 15 is 0 Å². The number of imide groups is 1. The van der Waals surface area contributed by atoms with Crippen LogP contribution in [0.4, 0.5) is 4.79 Å². The SMILES string of the molecule is COC(C)N(C(=O)N(CC=O)C(=O)/C=C/c1ccccc1)C(C)OC. The smallest absolute Gasteiger partial charge is 0.331 e. The molecule has 25 heavy (non-hydrogen) atoms. The lowest BCUT2D eigenvalue weighted by Crippen LogP contribution is -2.54. The molecule has 7 heteroatoms. The van der Waals surface area contributed by atoms with Crippen molar-refractivity contribution in [3.05, 3.63) is 42.0 Å². The van der Waals surface area contributed by atoms with Gasteiger partial charge in [-0.3, -0.25) is 14.6 Å². The Hall–Kier alpha value is -2.51. The Morgan fingerprint density at radius 1 is 1.08 bits per heavy atom. The van der Waals surface area contributed by atoms with Gasteiger partial charge in [-0.2, -0.15) is 0 Å². The quantitative estimate of drug-likeness (QED) is 0.409. The number of urea groups is 1. The molecule has 1 aromatic rings. The van der Waals surface area contributed by atoms with Crippen molar-refractivity contribution in [3.63, 3.8) is 0 Å². The zero-order valence-corrected chi connectivity index (χ0v) is 14.9. The molecule has 0 aliphatic carbocycles. The zero-order valence-electron chi connectivity index (χ0n) is 14.9. The fourth-order valence-electron chi connectivity index (χ4n) is 2.13. The summed E-state index contributed by atoms with van der Waals surface area (Å²) in [7, 11) is 2.88. The van der Waals surface area contributed by atoms with Gasteiger partial charge in [-0.05, 0) is 25.5 Å². The van der Waals surface area contributed by atoms with Crippen molar-refractivity contribution in [3.8, 4) is 0 Å². The van der Waals surface area contributed by atoms with Crippen LogP contribution in [-0.4, -0.2) is 61.2 Å². The number of carbonyl (C=O) groups excluding carboxylic acids is 3. The van der Waals surface area contributed by atoms with Gasteiger partial charge in [0.25, 0.3) is 5.91 Å². The number of carbonyl (C=O) groups is 3. The lowest BCUT2D eigenvalue weighted by Gasteiger charge is -2.35. The maximum absolute atomic E-state index is 12.8. The summed E-state index contributed by atoms with van der Waals surface area (Å²) in [5.74, 6) is -0.599. The van der Waals surface area contributed by atoms with Crippen LogP contribution in [0, 0.1) is 0 Å². The van der Waals surface area contributed by atoms with Crippen molar-refractivity contribution in [1.29, 1.82) is 0 Å². The van der Waals surface area contributed by atoms with E-state index in [1.54, 1.807) is 19.9 Å². The Balaban J connectivity index is 3.02. The first-order valence-corrected chi connectivity index (χ1v) is 7.82. The summed E-state index contributed by atoms with van der Waals surface area (Å²) in [5.41, 5.74) is 0.807. The van der Waals surface area contributed by atoms with E-state index in [-0.39, 0.29) is 6.54 Å². The lowest BCUT2D eigenvalue weighted by atomic mass is 10.2. The highest BCUT2D eigenvalue weighted by atomic mass is 16.5. The zero-order chi connectivity index (χ0) is 18.8. The monoisotopic (exact) mass is 348 g/mol. The van der Waals surface area contributed by atoms with Gasteiger partial charge >= 0.3 is 6.03 Å². The van der Waals surface area contributed by atoms with Crippen molar-refractivity contribution in [2.24, 2.45) is 0 Å². The second kappa shape index (κ2) is 10.4. The standard InChI is InChI=1S/C18H24N2O5/c1-14(24-3)20(15(2)25-4)18(23)19(12-13-21)17(22)11-10-16-8-6-5-7-9-16/h5-11,13-15H,12H2,1-4H3/b11-10+. The third-order valence-corrected chi connectivity index (χ3v) is 3.66. The summed E-state index contributed by atoms with van der Waals surface area (Å²) in [6.45, 7) is 2.94. The highest BCUT2D eigenvalue weighted by Gasteiger charge is 2.32. The maximum atomic E-state index is 12.8. The van der Waals surface area contributed by atoms with Gasteiger partial charge in [-0.25, -0.2) is 4.79 Å². The predicted molar refractivity (Wildman–Crippen MR) is 93.4 cm³/mol. The molecule has 0 fully saturated rings. The van der Waals surface area contributed by atoms with Crippen LogP contribution in [0.15, 0.2) is 36.4 Å². The van der Waals surface area contributed by atoms with Crippen LogP contribution in [-0.2, 0) is 19.1 Å². The number of methoxy groups -OCH3 is 2. The number of amides is 3. The summed E-state index contributed by atoms with van der Waals surface area (Å²) in [4.78, 5) is 38.2. The minimum atomic E-state index is -0.668. The first-order chi connectivity index (χ1) is 12.0. The summed E-state index contributed by atoms with van der Waals surface area (Å²) in [6, 6.07) is 8.50. The van der Waals surface area contributed by atoms with E-state index in [0.29, 0.717) is 6.29 Å². The van der Waals surface area contributed by atoms with Crippen molar-refractivity contribution in [2.45, 2.75) is 26.3 Å². The molecule has 1 rings (SSSR count). The van der Waals surface area contributed by atoms with E-state index in [2.05, 4.69) is 0 Å². The molecule has 2 unspecified atom stereocenters. The molecule has 136 valence electrons. The van der Waals surface area contributed by atoms with Gasteiger partial charge < -0.3 is 14.3 Å². The van der Waals surface area contributed by atoms with Gasteiger partial charge in [0.05, 0.1) is 6.54 Å². The number of hydrogen-bond acceptors (Lipinski definition) is 5. The van der Waals surface area contributed by atoms with Gasteiger partial charge in [0.1, 0.15) is 18.7 Å². The molecule has 0 bridgehead atoms. The molecule has 0 aromatic heterocycles. The Labute approximate surface area is 147 Å². The minimum absolute atomic E-state index is 0.361. The average molecular weight is 348 g/mol. The lowest BCUT2D eigenvalue weighted by molar-refractivity contribution is -0.130. The molecule has 0 N–H and O–H groups in total. The van der Waals surface area contributed by atoms with Crippen LogP contribution in [0.25, 0.3) is 6.08 Å². The average Bonchev–Trinajstić information content (AvgIpc) is 2.64. The molecule has 0 saturated heterocycles. The third-order valence-electron chi connectivity index (χ3n) is 3.66. The van der Waals surface area contributed by atoms with E-state index < -0.39 is 24.4 Å². The number of hydrogen-bond donors (Lipinski definition) is 0. The van der Waals surface area contributed by atoms with Gasteiger partial charge in [0.2, 0.25) is 0 Å². The second-order valence-electron chi connectivity index (χ2n) is 5.22. The fourth-order valence-corrected chi connectivity index (χ4v) is 2.13. The number of benzene rings is 1. The number of aldehydes is 1. The van der Waals surface area contributed by atoms with E-state index in [4.69, 9.17) is 9.47 Å². The largest absolute Gasteiger partial charge is 0.362 e. The summed E-state index contributed by atoms with van der Waals surface area (Å²) in [5, 5.41) is 0. The van der Waals surface area contributed by atoms with E-state index in [0.717, 1.165) is 10.5 Å². The Morgan fingerprint density at radius 2 is 1.64 bits per heavy atom. The first-order valence-electron chi connectivity index (χ1n) is 7.82. The summed E-state index contributed by atoms with van der Waals surface area (Å²) >= 11 is 0. The predicted octanol–water partition coefficient (Wildman–Crippen LogP) is 2.13. The molecular weight excluding hydrogens is 324 g/mol. The Morgan fingerprint density at radius 3 is 2.12 bits per heavy atom. The third kappa shape index (κ3) is 5.81. The van der Waals surface area contributed by atoms with Crippen LogP contribution >= 0.6 is 0 Å². The van der Waals surface area contributed by atoms with Gasteiger partial charge in [0.15, 0.2) is 0 Å². The topological polar surface area (TPSA) is 76.2 Å². The van der Waals surface area contributed by atoms with Gasteiger partial charge in [0, 0.05) is 20.3 Å². The van der Waals surface area contributed by atoms with Crippen LogP contribution in [0.1, 0.15) is 19.4 Å². The van der Waals surface area contributed by atoms with Crippen molar-refractivity contribution in [2.75, 3.05) is 20.8 Å². The second-order valence-corrected chi connectivity index (χ2v) is 5.22. The maximum Gasteiger partial charge on any atom is 0.331 e. The summed E-state index contributed by atoms with van der Waals surface area (Å²) in [6.07, 6.45) is 2.06. The van der Waals surface area contributed by atoms with E-state index in [1.807, 2.05) is 30.3 Å².